The van der Waals surface area contributed by atoms with E-state index in [0.717, 1.165) is 29.5 Å². The van der Waals surface area contributed by atoms with Crippen molar-refractivity contribution in [2.75, 3.05) is 11.9 Å². The topological polar surface area (TPSA) is 105 Å². The Morgan fingerprint density at radius 3 is 2.48 bits per heavy atom. The molecule has 0 bridgehead atoms. The molecule has 29 heavy (non-hydrogen) atoms. The molecule has 1 saturated heterocycles. The van der Waals surface area contributed by atoms with Crippen LogP contribution in [0.15, 0.2) is 18.2 Å². The summed E-state index contributed by atoms with van der Waals surface area (Å²) in [5.41, 5.74) is -1.76. The number of para-hydroxylation sites is 1. The van der Waals surface area contributed by atoms with Crippen LogP contribution in [0.3, 0.4) is 0 Å². The molecule has 2 atom stereocenters. The lowest BCUT2D eigenvalue weighted by atomic mass is 9.95. The van der Waals surface area contributed by atoms with E-state index < -0.39 is 59.3 Å². The Labute approximate surface area is 166 Å². The van der Waals surface area contributed by atoms with E-state index in [1.165, 1.54) is 6.92 Å². The first kappa shape index (κ1) is 22.3. The Balaban J connectivity index is 1.95. The smallest absolute Gasteiger partial charge is 0.327 e. The number of nitrogens with one attached hydrogen (secondary N) is 2. The average Bonchev–Trinajstić information content (AvgIpc) is 2.86. The maximum Gasteiger partial charge on any atom is 0.327 e. The van der Waals surface area contributed by atoms with Crippen LogP contribution in [0.1, 0.15) is 40.0 Å². The van der Waals surface area contributed by atoms with Crippen LogP contribution in [-0.2, 0) is 19.1 Å². The van der Waals surface area contributed by atoms with E-state index in [0.29, 0.717) is 12.8 Å². The Morgan fingerprint density at radius 1 is 1.28 bits per heavy atom. The van der Waals surface area contributed by atoms with Crippen molar-refractivity contribution in [3.05, 3.63) is 29.8 Å². The van der Waals surface area contributed by atoms with Crippen molar-refractivity contribution in [3.63, 3.8) is 0 Å². The number of unbranched alkanes of at least 4 members (excludes halogenated alkanes) is 1. The minimum absolute atomic E-state index is 0.423. The Kier molecular flexibility index (Phi) is 6.89. The summed E-state index contributed by atoms with van der Waals surface area (Å²) in [5.74, 6) is -4.50. The standard InChI is InChI=1S/C19H23F2N3O5/c1-4-5-9-19(3)17(27)24(18(28)23-19)10-14(25)29-11(2)16(26)22-15-12(20)7-6-8-13(15)21/h6-8,11H,4-5,9-10H2,1-3H3,(H,22,26)(H,23,28)/t11-,19+/m1/s1. The zero-order valence-corrected chi connectivity index (χ0v) is 16.4. The number of hydrogen-bond donors (Lipinski definition) is 2. The fraction of sp³-hybridized carbons (Fsp3) is 0.474. The lowest BCUT2D eigenvalue weighted by Gasteiger charge is -2.21. The fourth-order valence-electron chi connectivity index (χ4n) is 2.85. The monoisotopic (exact) mass is 411 g/mol. The predicted octanol–water partition coefficient (Wildman–Crippen LogP) is 2.34. The molecular formula is C19H23F2N3O5. The van der Waals surface area contributed by atoms with Crippen LogP contribution in [0.2, 0.25) is 0 Å². The number of carbonyl (C=O) groups excluding carboxylic acids is 4. The average molecular weight is 411 g/mol. The summed E-state index contributed by atoms with van der Waals surface area (Å²) in [4.78, 5) is 49.4. The molecule has 10 heteroatoms. The van der Waals surface area contributed by atoms with Crippen LogP contribution in [-0.4, -0.2) is 46.9 Å². The molecular weight excluding hydrogens is 388 g/mol. The lowest BCUT2D eigenvalue weighted by molar-refractivity contribution is -0.155. The van der Waals surface area contributed by atoms with Gasteiger partial charge in [0.15, 0.2) is 6.10 Å². The van der Waals surface area contributed by atoms with Crippen LogP contribution in [0.25, 0.3) is 0 Å². The molecule has 0 spiro atoms. The van der Waals surface area contributed by atoms with E-state index in [1.54, 1.807) is 6.92 Å². The number of esters is 1. The van der Waals surface area contributed by atoms with Crippen molar-refractivity contribution in [1.29, 1.82) is 0 Å². The molecule has 1 aliphatic rings. The summed E-state index contributed by atoms with van der Waals surface area (Å²) in [5, 5.41) is 4.56. The van der Waals surface area contributed by atoms with Gasteiger partial charge < -0.3 is 15.4 Å². The highest BCUT2D eigenvalue weighted by molar-refractivity contribution is 6.08. The van der Waals surface area contributed by atoms with E-state index in [4.69, 9.17) is 4.74 Å². The largest absolute Gasteiger partial charge is 0.451 e. The predicted molar refractivity (Wildman–Crippen MR) is 98.7 cm³/mol. The van der Waals surface area contributed by atoms with Crippen molar-refractivity contribution in [2.45, 2.75) is 51.7 Å². The van der Waals surface area contributed by atoms with Gasteiger partial charge in [0.25, 0.3) is 11.8 Å². The molecule has 0 aromatic heterocycles. The summed E-state index contributed by atoms with van der Waals surface area (Å²) in [6, 6.07) is 2.33. The third-order valence-electron chi connectivity index (χ3n) is 4.55. The number of benzene rings is 1. The van der Waals surface area contributed by atoms with Crippen molar-refractivity contribution < 1.29 is 32.7 Å². The number of hydrogen-bond acceptors (Lipinski definition) is 5. The molecule has 0 unspecified atom stereocenters. The Bertz CT molecular complexity index is 812. The molecule has 0 aliphatic carbocycles. The van der Waals surface area contributed by atoms with Gasteiger partial charge in [-0.05, 0) is 32.4 Å². The number of imide groups is 1. The number of rotatable bonds is 8. The normalized spacial score (nSPS) is 19.7. The minimum atomic E-state index is -1.41. The van der Waals surface area contributed by atoms with Crippen LogP contribution in [0.4, 0.5) is 19.3 Å². The zero-order valence-electron chi connectivity index (χ0n) is 16.4. The van der Waals surface area contributed by atoms with Crippen LogP contribution in [0, 0.1) is 11.6 Å². The number of nitrogens with zero attached hydrogens (tertiary/aromatic N) is 1. The number of urea groups is 1. The molecule has 158 valence electrons. The molecule has 1 fully saturated rings. The second-order valence-electron chi connectivity index (χ2n) is 6.98. The first-order valence-electron chi connectivity index (χ1n) is 9.17. The number of anilines is 1. The third-order valence-corrected chi connectivity index (χ3v) is 4.55. The summed E-state index contributed by atoms with van der Waals surface area (Å²) >= 11 is 0. The van der Waals surface area contributed by atoms with Crippen LogP contribution < -0.4 is 10.6 Å². The number of halogens is 2. The molecule has 1 aromatic rings. The van der Waals surface area contributed by atoms with Crippen molar-refractivity contribution in [1.82, 2.24) is 10.2 Å². The number of ether oxygens (including phenoxy) is 1. The Hall–Kier alpha value is -3.04. The summed E-state index contributed by atoms with van der Waals surface area (Å²) in [7, 11) is 0. The lowest BCUT2D eigenvalue weighted by Crippen LogP contribution is -2.44. The maximum absolute atomic E-state index is 13.6. The first-order valence-corrected chi connectivity index (χ1v) is 9.17. The van der Waals surface area contributed by atoms with Crippen molar-refractivity contribution in [2.24, 2.45) is 0 Å². The van der Waals surface area contributed by atoms with Crippen molar-refractivity contribution >= 4 is 29.5 Å². The van der Waals surface area contributed by atoms with Gasteiger partial charge in [-0.25, -0.2) is 13.6 Å². The molecule has 4 amide bonds. The summed E-state index contributed by atoms with van der Waals surface area (Å²) in [6.45, 7) is 4.04. The third kappa shape index (κ3) is 5.07. The molecule has 1 aliphatic heterocycles. The van der Waals surface area contributed by atoms with Crippen LogP contribution in [0.5, 0.6) is 0 Å². The van der Waals surface area contributed by atoms with Crippen molar-refractivity contribution in [3.8, 4) is 0 Å². The second-order valence-corrected chi connectivity index (χ2v) is 6.98. The van der Waals surface area contributed by atoms with Gasteiger partial charge in [0.1, 0.15) is 29.4 Å². The van der Waals surface area contributed by atoms with E-state index in [-0.39, 0.29) is 0 Å². The van der Waals surface area contributed by atoms with Crippen LogP contribution >= 0.6 is 0 Å². The number of amides is 4. The summed E-state index contributed by atoms with van der Waals surface area (Å²) in [6.07, 6.45) is 0.557. The van der Waals surface area contributed by atoms with E-state index in [9.17, 15) is 28.0 Å². The molecule has 1 heterocycles. The van der Waals surface area contributed by atoms with Gasteiger partial charge in [0, 0.05) is 0 Å². The minimum Gasteiger partial charge on any atom is -0.451 e. The summed E-state index contributed by atoms with van der Waals surface area (Å²) < 4.78 is 32.1. The van der Waals surface area contributed by atoms with Gasteiger partial charge in [-0.2, -0.15) is 0 Å². The van der Waals surface area contributed by atoms with E-state index in [1.807, 2.05) is 12.2 Å². The molecule has 2 rings (SSSR count). The number of carbonyl (C=O) groups is 4. The molecule has 1 aromatic carbocycles. The second kappa shape index (κ2) is 8.97. The highest BCUT2D eigenvalue weighted by Gasteiger charge is 2.48. The highest BCUT2D eigenvalue weighted by atomic mass is 19.1. The molecule has 0 radical (unpaired) electrons. The fourth-order valence-corrected chi connectivity index (χ4v) is 2.85. The van der Waals surface area contributed by atoms with Gasteiger partial charge in [0.05, 0.1) is 0 Å². The zero-order chi connectivity index (χ0) is 21.8. The molecule has 0 saturated carbocycles. The SMILES string of the molecule is CCCC[C@]1(C)NC(=O)N(CC(=O)O[C@H](C)C(=O)Nc2c(F)cccc2F)C1=O. The van der Waals surface area contributed by atoms with Gasteiger partial charge in [-0.1, -0.05) is 25.8 Å². The van der Waals surface area contributed by atoms with Gasteiger partial charge >= 0.3 is 12.0 Å². The molecule has 2 N–H and O–H groups in total. The molecule has 8 nitrogen and oxygen atoms in total. The maximum atomic E-state index is 13.6. The van der Waals surface area contributed by atoms with Gasteiger partial charge in [-0.15, -0.1) is 0 Å². The van der Waals surface area contributed by atoms with Gasteiger partial charge in [-0.3, -0.25) is 19.3 Å². The van der Waals surface area contributed by atoms with Gasteiger partial charge in [0.2, 0.25) is 0 Å². The quantitative estimate of drug-likeness (QED) is 0.505. The Morgan fingerprint density at radius 2 is 1.90 bits per heavy atom. The van der Waals surface area contributed by atoms with E-state index >= 15 is 0 Å². The van der Waals surface area contributed by atoms with E-state index in [2.05, 4.69) is 5.32 Å². The highest BCUT2D eigenvalue weighted by Crippen LogP contribution is 2.23. The first-order chi connectivity index (χ1) is 13.6.